The van der Waals surface area contributed by atoms with Gasteiger partial charge in [-0.2, -0.15) is 0 Å². The van der Waals surface area contributed by atoms with Gasteiger partial charge in [0.15, 0.2) is 5.75 Å². The zero-order chi connectivity index (χ0) is 15.0. The highest BCUT2D eigenvalue weighted by atomic mass is 32.1. The second-order valence-corrected chi connectivity index (χ2v) is 6.87. The quantitative estimate of drug-likeness (QED) is 0.765. The average Bonchev–Trinajstić information content (AvgIpc) is 3.07. The lowest BCUT2D eigenvalue weighted by molar-refractivity contribution is 0.0956. The molecular weight excluding hydrogens is 288 g/mol. The number of nitrogens with zero attached hydrogens (tertiary/aromatic N) is 1. The summed E-state index contributed by atoms with van der Waals surface area (Å²) in [6.45, 7) is 2.07. The van der Waals surface area contributed by atoms with Crippen molar-refractivity contribution in [2.75, 3.05) is 38.3 Å². The fourth-order valence-electron chi connectivity index (χ4n) is 2.61. The van der Waals surface area contributed by atoms with Gasteiger partial charge in [0.25, 0.3) is 5.91 Å². The highest BCUT2D eigenvalue weighted by Gasteiger charge is 2.29. The molecule has 0 bridgehead atoms. The van der Waals surface area contributed by atoms with E-state index in [1.165, 1.54) is 11.3 Å². The Morgan fingerprint density at radius 2 is 2.14 bits per heavy atom. The van der Waals surface area contributed by atoms with Gasteiger partial charge in [0, 0.05) is 18.6 Å². The molecule has 6 nitrogen and oxygen atoms in total. The topological polar surface area (TPSA) is 79.6 Å². The molecule has 3 rings (SSSR count). The summed E-state index contributed by atoms with van der Waals surface area (Å²) in [5.74, 6) is 0.505. The van der Waals surface area contributed by atoms with Crippen LogP contribution in [0.15, 0.2) is 0 Å². The van der Waals surface area contributed by atoms with Crippen LogP contribution < -0.4 is 21.1 Å². The number of likely N-dealkylation sites (N-methyl/N-ethyl adjacent to an activating group) is 1. The van der Waals surface area contributed by atoms with Gasteiger partial charge in [0.05, 0.1) is 7.11 Å². The second-order valence-electron chi connectivity index (χ2n) is 5.85. The Hall–Kier alpha value is -1.47. The number of carbonyl (C=O) groups is 1. The maximum atomic E-state index is 12.2. The molecule has 1 amide bonds. The zero-order valence-electron chi connectivity index (χ0n) is 12.4. The Morgan fingerprint density at radius 3 is 2.71 bits per heavy atom. The van der Waals surface area contributed by atoms with Crippen molar-refractivity contribution in [3.63, 3.8) is 0 Å². The standard InChI is InChI=1S/C14H22N4O2S/c1-18-6-5-9(7-18)17-14-11(20-2)10(15)12(21-14)13(19)16-8-3-4-8/h8-9,17H,3-7,15H2,1-2H3,(H,16,19). The first-order valence-corrected chi connectivity index (χ1v) is 8.12. The van der Waals surface area contributed by atoms with E-state index in [1.54, 1.807) is 7.11 Å². The molecule has 1 atom stereocenters. The minimum atomic E-state index is -0.0881. The van der Waals surface area contributed by atoms with Gasteiger partial charge in [-0.15, -0.1) is 11.3 Å². The summed E-state index contributed by atoms with van der Waals surface area (Å²) >= 11 is 1.38. The van der Waals surface area contributed by atoms with E-state index in [9.17, 15) is 4.79 Å². The van der Waals surface area contributed by atoms with Gasteiger partial charge in [0.2, 0.25) is 0 Å². The number of hydrogen-bond donors (Lipinski definition) is 3. The fraction of sp³-hybridized carbons (Fsp3) is 0.643. The summed E-state index contributed by atoms with van der Waals surface area (Å²) in [6, 6.07) is 0.700. The lowest BCUT2D eigenvalue weighted by Crippen LogP contribution is -2.25. The molecule has 2 aliphatic rings. The van der Waals surface area contributed by atoms with E-state index in [0.717, 1.165) is 37.4 Å². The molecule has 0 aromatic carbocycles. The van der Waals surface area contributed by atoms with Gasteiger partial charge in [0.1, 0.15) is 15.6 Å². The van der Waals surface area contributed by atoms with Crippen molar-refractivity contribution in [1.29, 1.82) is 0 Å². The number of carbonyl (C=O) groups excluding carboxylic acids is 1. The molecule has 21 heavy (non-hydrogen) atoms. The van der Waals surface area contributed by atoms with Crippen LogP contribution in [-0.4, -0.2) is 50.1 Å². The smallest absolute Gasteiger partial charge is 0.263 e. The van der Waals surface area contributed by atoms with Crippen LogP contribution in [0.25, 0.3) is 0 Å². The molecule has 7 heteroatoms. The van der Waals surface area contributed by atoms with Crippen LogP contribution in [0.4, 0.5) is 10.7 Å². The van der Waals surface area contributed by atoms with Gasteiger partial charge < -0.3 is 26.0 Å². The minimum absolute atomic E-state index is 0.0881. The molecule has 0 spiro atoms. The summed E-state index contributed by atoms with van der Waals surface area (Å²) in [5.41, 5.74) is 6.53. The molecule has 4 N–H and O–H groups in total. The zero-order valence-corrected chi connectivity index (χ0v) is 13.3. The van der Waals surface area contributed by atoms with Crippen LogP contribution in [0, 0.1) is 0 Å². The van der Waals surface area contributed by atoms with E-state index >= 15 is 0 Å². The van der Waals surface area contributed by atoms with Crippen LogP contribution in [0.3, 0.4) is 0 Å². The van der Waals surface area contributed by atoms with Crippen LogP contribution in [-0.2, 0) is 0 Å². The number of amides is 1. The monoisotopic (exact) mass is 310 g/mol. The first-order chi connectivity index (χ1) is 10.1. The van der Waals surface area contributed by atoms with Gasteiger partial charge in [-0.3, -0.25) is 4.79 Å². The van der Waals surface area contributed by atoms with Gasteiger partial charge >= 0.3 is 0 Å². The average molecular weight is 310 g/mol. The lowest BCUT2D eigenvalue weighted by atomic mass is 10.2. The van der Waals surface area contributed by atoms with E-state index < -0.39 is 0 Å². The first-order valence-electron chi connectivity index (χ1n) is 7.30. The van der Waals surface area contributed by atoms with Crippen molar-refractivity contribution >= 4 is 27.9 Å². The summed E-state index contributed by atoms with van der Waals surface area (Å²) in [4.78, 5) is 15.0. The number of anilines is 2. The van der Waals surface area contributed by atoms with Crippen LogP contribution in [0.1, 0.15) is 28.9 Å². The fourth-order valence-corrected chi connectivity index (χ4v) is 3.68. The van der Waals surface area contributed by atoms with E-state index in [2.05, 4.69) is 22.6 Å². The molecule has 1 saturated carbocycles. The first kappa shape index (κ1) is 14.5. The third-order valence-corrected chi connectivity index (χ3v) is 5.07. The number of rotatable bonds is 5. The number of nitrogens with two attached hydrogens (primary N) is 1. The Morgan fingerprint density at radius 1 is 1.38 bits per heavy atom. The van der Waals surface area contributed by atoms with Crippen LogP contribution in [0.5, 0.6) is 5.75 Å². The summed E-state index contributed by atoms with van der Waals surface area (Å²) in [5, 5.41) is 7.30. The molecule has 1 aromatic heterocycles. The number of hydrogen-bond acceptors (Lipinski definition) is 6. The van der Waals surface area contributed by atoms with Crippen molar-refractivity contribution in [1.82, 2.24) is 10.2 Å². The van der Waals surface area contributed by atoms with Crippen molar-refractivity contribution in [3.8, 4) is 5.75 Å². The predicted octanol–water partition coefficient (Wildman–Crippen LogP) is 1.35. The van der Waals surface area contributed by atoms with E-state index in [0.29, 0.717) is 28.4 Å². The molecule has 1 aromatic rings. The highest BCUT2D eigenvalue weighted by Crippen LogP contribution is 2.43. The lowest BCUT2D eigenvalue weighted by Gasteiger charge is -2.13. The van der Waals surface area contributed by atoms with E-state index in [4.69, 9.17) is 10.5 Å². The largest absolute Gasteiger partial charge is 0.492 e. The third-order valence-electron chi connectivity index (χ3n) is 3.95. The molecule has 1 aliphatic heterocycles. The number of methoxy groups -OCH3 is 1. The number of likely N-dealkylation sites (tertiary alicyclic amines) is 1. The number of nitrogens with one attached hydrogen (secondary N) is 2. The highest BCUT2D eigenvalue weighted by molar-refractivity contribution is 7.19. The van der Waals surface area contributed by atoms with Crippen molar-refractivity contribution < 1.29 is 9.53 Å². The number of thiophene rings is 1. The molecule has 2 heterocycles. The molecule has 116 valence electrons. The molecule has 1 aliphatic carbocycles. The van der Waals surface area contributed by atoms with Gasteiger partial charge in [-0.1, -0.05) is 0 Å². The SMILES string of the molecule is COc1c(NC2CCN(C)C2)sc(C(=O)NC2CC2)c1N. The van der Waals surface area contributed by atoms with Crippen LogP contribution >= 0.6 is 11.3 Å². The molecule has 2 fully saturated rings. The third kappa shape index (κ3) is 3.08. The summed E-state index contributed by atoms with van der Waals surface area (Å²) < 4.78 is 5.39. The Labute approximate surface area is 128 Å². The van der Waals surface area contributed by atoms with Crippen molar-refractivity contribution in [2.45, 2.75) is 31.3 Å². The van der Waals surface area contributed by atoms with Crippen molar-refractivity contribution in [3.05, 3.63) is 4.88 Å². The van der Waals surface area contributed by atoms with Gasteiger partial charge in [-0.25, -0.2) is 0 Å². The normalized spacial score (nSPS) is 22.3. The summed E-state index contributed by atoms with van der Waals surface area (Å²) in [7, 11) is 3.70. The number of nitrogen functional groups attached to an aromatic ring is 1. The molecule has 1 saturated heterocycles. The van der Waals surface area contributed by atoms with E-state index in [1.807, 2.05) is 0 Å². The van der Waals surface area contributed by atoms with Crippen molar-refractivity contribution in [2.24, 2.45) is 0 Å². The summed E-state index contributed by atoms with van der Waals surface area (Å²) in [6.07, 6.45) is 3.21. The van der Waals surface area contributed by atoms with E-state index in [-0.39, 0.29) is 5.91 Å². The maximum absolute atomic E-state index is 12.2. The Bertz CT molecular complexity index is 541. The Balaban J connectivity index is 1.77. The second kappa shape index (κ2) is 5.73. The maximum Gasteiger partial charge on any atom is 0.263 e. The Kier molecular flexibility index (Phi) is 3.95. The minimum Gasteiger partial charge on any atom is -0.492 e. The molecule has 1 unspecified atom stereocenters. The predicted molar refractivity (Wildman–Crippen MR) is 85.3 cm³/mol. The molecule has 0 radical (unpaired) electrons. The number of ether oxygens (including phenoxy) is 1. The molecular formula is C14H22N4O2S. The van der Waals surface area contributed by atoms with Gasteiger partial charge in [-0.05, 0) is 32.9 Å². The van der Waals surface area contributed by atoms with Crippen LogP contribution in [0.2, 0.25) is 0 Å².